The van der Waals surface area contributed by atoms with Crippen LogP contribution in [0.1, 0.15) is 40.5 Å². The van der Waals surface area contributed by atoms with E-state index in [4.69, 9.17) is 4.74 Å². The molecule has 84 valence electrons. The third kappa shape index (κ3) is 8.27. The predicted octanol–water partition coefficient (Wildman–Crippen LogP) is 2.75. The van der Waals surface area contributed by atoms with Crippen LogP contribution in [-0.2, 0) is 4.74 Å². The molecule has 0 saturated carbocycles. The lowest BCUT2D eigenvalue weighted by Crippen LogP contribution is -2.33. The maximum absolute atomic E-state index is 5.56. The third-order valence-electron chi connectivity index (χ3n) is 2.19. The van der Waals surface area contributed by atoms with Gasteiger partial charge >= 0.3 is 0 Å². The summed E-state index contributed by atoms with van der Waals surface area (Å²) in [4.78, 5) is 0. The molecule has 0 saturated heterocycles. The van der Waals surface area contributed by atoms with Gasteiger partial charge < -0.3 is 10.1 Å². The Hall–Kier alpha value is -0.340. The highest BCUT2D eigenvalue weighted by molar-refractivity contribution is 4.76. The van der Waals surface area contributed by atoms with Gasteiger partial charge in [-0.1, -0.05) is 25.5 Å². The Kier molecular flexibility index (Phi) is 9.00. The van der Waals surface area contributed by atoms with Crippen LogP contribution in [0.15, 0.2) is 12.2 Å². The lowest BCUT2D eigenvalue weighted by Gasteiger charge is -2.17. The number of nitrogens with one attached hydrogen (secondary N) is 1. The molecule has 0 aromatic heterocycles. The molecule has 0 bridgehead atoms. The van der Waals surface area contributed by atoms with Crippen LogP contribution in [-0.4, -0.2) is 25.3 Å². The molecule has 0 fully saturated rings. The van der Waals surface area contributed by atoms with Crippen molar-refractivity contribution in [3.8, 4) is 0 Å². The number of hydrogen-bond acceptors (Lipinski definition) is 2. The molecule has 0 aliphatic heterocycles. The zero-order valence-corrected chi connectivity index (χ0v) is 10.0. The van der Waals surface area contributed by atoms with Crippen molar-refractivity contribution in [1.29, 1.82) is 0 Å². The van der Waals surface area contributed by atoms with Crippen LogP contribution in [0.5, 0.6) is 0 Å². The van der Waals surface area contributed by atoms with Gasteiger partial charge in [0.15, 0.2) is 0 Å². The van der Waals surface area contributed by atoms with E-state index in [0.29, 0.717) is 12.1 Å². The van der Waals surface area contributed by atoms with E-state index in [1.807, 2.05) is 19.1 Å². The fourth-order valence-corrected chi connectivity index (χ4v) is 1.28. The molecule has 0 radical (unpaired) electrons. The fourth-order valence-electron chi connectivity index (χ4n) is 1.28. The topological polar surface area (TPSA) is 21.3 Å². The molecule has 0 heterocycles. The largest absolute Gasteiger partial charge is 0.373 e. The van der Waals surface area contributed by atoms with E-state index in [0.717, 1.165) is 13.2 Å². The van der Waals surface area contributed by atoms with Crippen molar-refractivity contribution >= 4 is 0 Å². The molecule has 0 amide bonds. The van der Waals surface area contributed by atoms with Crippen molar-refractivity contribution in [1.82, 2.24) is 5.32 Å². The van der Waals surface area contributed by atoms with Crippen molar-refractivity contribution in [2.75, 3.05) is 13.2 Å². The van der Waals surface area contributed by atoms with E-state index in [-0.39, 0.29) is 0 Å². The quantitative estimate of drug-likeness (QED) is 0.607. The molecular formula is C12H25NO. The molecule has 2 atom stereocenters. The van der Waals surface area contributed by atoms with Crippen molar-refractivity contribution < 1.29 is 4.74 Å². The van der Waals surface area contributed by atoms with E-state index in [1.165, 1.54) is 12.8 Å². The highest BCUT2D eigenvalue weighted by Crippen LogP contribution is 1.96. The van der Waals surface area contributed by atoms with Gasteiger partial charge in [0, 0.05) is 12.6 Å². The summed E-state index contributed by atoms with van der Waals surface area (Å²) in [5, 5.41) is 3.46. The smallest absolute Gasteiger partial charge is 0.0675 e. The molecule has 2 unspecified atom stereocenters. The molecule has 0 aliphatic carbocycles. The molecule has 2 nitrogen and oxygen atoms in total. The van der Waals surface area contributed by atoms with Crippen LogP contribution in [0.25, 0.3) is 0 Å². The van der Waals surface area contributed by atoms with Crippen LogP contribution in [0, 0.1) is 0 Å². The predicted molar refractivity (Wildman–Crippen MR) is 62.6 cm³/mol. The molecule has 14 heavy (non-hydrogen) atoms. The van der Waals surface area contributed by atoms with Gasteiger partial charge in [-0.25, -0.2) is 0 Å². The Morgan fingerprint density at radius 3 is 2.64 bits per heavy atom. The molecule has 0 aromatic rings. The minimum absolute atomic E-state index is 0.297. The SMILES string of the molecule is CC=CCOC(C)CNC(C)CCC. The van der Waals surface area contributed by atoms with Gasteiger partial charge in [0.05, 0.1) is 12.7 Å². The summed E-state index contributed by atoms with van der Waals surface area (Å²) in [5.41, 5.74) is 0. The van der Waals surface area contributed by atoms with Crippen LogP contribution in [0.3, 0.4) is 0 Å². The van der Waals surface area contributed by atoms with Gasteiger partial charge in [0.1, 0.15) is 0 Å². The zero-order valence-electron chi connectivity index (χ0n) is 10.0. The summed E-state index contributed by atoms with van der Waals surface area (Å²) in [6.45, 7) is 10.2. The minimum Gasteiger partial charge on any atom is -0.373 e. The second-order valence-electron chi connectivity index (χ2n) is 3.81. The van der Waals surface area contributed by atoms with E-state index < -0.39 is 0 Å². The Morgan fingerprint density at radius 1 is 1.36 bits per heavy atom. The highest BCUT2D eigenvalue weighted by atomic mass is 16.5. The number of rotatable bonds is 8. The molecule has 2 heteroatoms. The summed E-state index contributed by atoms with van der Waals surface area (Å²) >= 11 is 0. The maximum Gasteiger partial charge on any atom is 0.0675 e. The van der Waals surface area contributed by atoms with Gasteiger partial charge in [0.2, 0.25) is 0 Å². The first-order valence-electron chi connectivity index (χ1n) is 5.66. The molecule has 1 N–H and O–H groups in total. The van der Waals surface area contributed by atoms with Gasteiger partial charge in [-0.2, -0.15) is 0 Å². The van der Waals surface area contributed by atoms with Crippen LogP contribution in [0.2, 0.25) is 0 Å². The minimum atomic E-state index is 0.297. The molecule has 0 aromatic carbocycles. The summed E-state index contributed by atoms with van der Waals surface area (Å²) in [7, 11) is 0. The first-order valence-corrected chi connectivity index (χ1v) is 5.66. The second kappa shape index (κ2) is 9.22. The number of ether oxygens (including phenoxy) is 1. The first-order chi connectivity index (χ1) is 6.70. The summed E-state index contributed by atoms with van der Waals surface area (Å²) in [6.07, 6.45) is 6.82. The van der Waals surface area contributed by atoms with Crippen molar-refractivity contribution in [3.05, 3.63) is 12.2 Å². The Morgan fingerprint density at radius 2 is 2.07 bits per heavy atom. The normalized spacial score (nSPS) is 16.0. The highest BCUT2D eigenvalue weighted by Gasteiger charge is 2.03. The number of hydrogen-bond donors (Lipinski definition) is 1. The van der Waals surface area contributed by atoms with E-state index in [1.54, 1.807) is 0 Å². The molecule has 0 rings (SSSR count). The Bertz CT molecular complexity index is 145. The van der Waals surface area contributed by atoms with Gasteiger partial charge in [-0.05, 0) is 27.2 Å². The molecule has 0 aliphatic rings. The van der Waals surface area contributed by atoms with E-state index >= 15 is 0 Å². The van der Waals surface area contributed by atoms with Crippen molar-refractivity contribution in [3.63, 3.8) is 0 Å². The van der Waals surface area contributed by atoms with Gasteiger partial charge in [0.25, 0.3) is 0 Å². The van der Waals surface area contributed by atoms with Gasteiger partial charge in [-0.3, -0.25) is 0 Å². The lowest BCUT2D eigenvalue weighted by molar-refractivity contribution is 0.0856. The van der Waals surface area contributed by atoms with Crippen LogP contribution < -0.4 is 5.32 Å². The zero-order chi connectivity index (χ0) is 10.8. The lowest BCUT2D eigenvalue weighted by atomic mass is 10.2. The summed E-state index contributed by atoms with van der Waals surface area (Å²) in [6, 6.07) is 0.604. The number of allylic oxidation sites excluding steroid dienone is 1. The van der Waals surface area contributed by atoms with Crippen molar-refractivity contribution in [2.24, 2.45) is 0 Å². The van der Waals surface area contributed by atoms with E-state index in [9.17, 15) is 0 Å². The van der Waals surface area contributed by atoms with Crippen molar-refractivity contribution in [2.45, 2.75) is 52.7 Å². The summed E-state index contributed by atoms with van der Waals surface area (Å²) in [5.74, 6) is 0. The van der Waals surface area contributed by atoms with Crippen LogP contribution in [0.4, 0.5) is 0 Å². The average molecular weight is 199 g/mol. The average Bonchev–Trinajstić information content (AvgIpc) is 2.16. The monoisotopic (exact) mass is 199 g/mol. The summed E-state index contributed by atoms with van der Waals surface area (Å²) < 4.78 is 5.56. The van der Waals surface area contributed by atoms with Gasteiger partial charge in [-0.15, -0.1) is 0 Å². The molecule has 0 spiro atoms. The third-order valence-corrected chi connectivity index (χ3v) is 2.19. The first kappa shape index (κ1) is 13.7. The molecular weight excluding hydrogens is 174 g/mol. The maximum atomic E-state index is 5.56. The Labute approximate surface area is 88.7 Å². The Balaban J connectivity index is 3.38. The van der Waals surface area contributed by atoms with E-state index in [2.05, 4.69) is 26.1 Å². The fraction of sp³-hybridized carbons (Fsp3) is 0.833. The standard InChI is InChI=1S/C12H25NO/c1-5-7-9-14-12(4)10-13-11(3)8-6-2/h5,7,11-13H,6,8-10H2,1-4H3. The van der Waals surface area contributed by atoms with Crippen LogP contribution >= 0.6 is 0 Å². The second-order valence-corrected chi connectivity index (χ2v) is 3.81.